The van der Waals surface area contributed by atoms with Crippen LogP contribution >= 0.6 is 24.8 Å². The lowest BCUT2D eigenvalue weighted by Gasteiger charge is -2.38. The molecule has 1 aliphatic heterocycles. The second kappa shape index (κ2) is 14.4. The number of piperazine rings is 1. The SMILES string of the molecule is CCCCCN1CCN(C(CC(=O)c2ccccc2)C(=O)c2ccccc2)CC1.Cl.Cl. The molecular weight excluding hydrogens is 431 g/mol. The van der Waals surface area contributed by atoms with Crippen LogP contribution in [0.2, 0.25) is 0 Å². The summed E-state index contributed by atoms with van der Waals surface area (Å²) in [7, 11) is 0. The van der Waals surface area contributed by atoms with E-state index in [0.717, 1.165) is 32.7 Å². The molecule has 0 aliphatic carbocycles. The summed E-state index contributed by atoms with van der Waals surface area (Å²) in [5, 5.41) is 0. The Morgan fingerprint density at radius 2 is 1.35 bits per heavy atom. The fraction of sp³-hybridized carbons (Fsp3) is 0.440. The Morgan fingerprint density at radius 1 is 0.806 bits per heavy atom. The second-order valence-electron chi connectivity index (χ2n) is 7.82. The Morgan fingerprint density at radius 3 is 1.90 bits per heavy atom. The average Bonchev–Trinajstić information content (AvgIpc) is 2.79. The monoisotopic (exact) mass is 464 g/mol. The van der Waals surface area contributed by atoms with Crippen molar-refractivity contribution >= 4 is 36.4 Å². The molecule has 6 heteroatoms. The van der Waals surface area contributed by atoms with Gasteiger partial charge in [-0.05, 0) is 13.0 Å². The van der Waals surface area contributed by atoms with Crippen molar-refractivity contribution in [2.24, 2.45) is 0 Å². The third kappa shape index (κ3) is 8.04. The molecule has 0 amide bonds. The Kier molecular flexibility index (Phi) is 12.7. The molecule has 0 saturated carbocycles. The molecule has 170 valence electrons. The zero-order valence-electron chi connectivity index (χ0n) is 18.2. The van der Waals surface area contributed by atoms with Crippen molar-refractivity contribution < 1.29 is 9.59 Å². The number of carbonyl (C=O) groups excluding carboxylic acids is 2. The number of hydrogen-bond donors (Lipinski definition) is 0. The fourth-order valence-electron chi connectivity index (χ4n) is 3.98. The van der Waals surface area contributed by atoms with Gasteiger partial charge in [0.05, 0.1) is 6.04 Å². The van der Waals surface area contributed by atoms with E-state index in [4.69, 9.17) is 0 Å². The van der Waals surface area contributed by atoms with Crippen LogP contribution in [0.1, 0.15) is 53.3 Å². The predicted molar refractivity (Wildman–Crippen MR) is 132 cm³/mol. The van der Waals surface area contributed by atoms with Crippen molar-refractivity contribution in [2.75, 3.05) is 32.7 Å². The number of halogens is 2. The van der Waals surface area contributed by atoms with Gasteiger partial charge in [-0.3, -0.25) is 14.5 Å². The van der Waals surface area contributed by atoms with Crippen molar-refractivity contribution in [1.82, 2.24) is 9.80 Å². The van der Waals surface area contributed by atoms with Crippen molar-refractivity contribution in [1.29, 1.82) is 0 Å². The minimum absolute atomic E-state index is 0. The predicted octanol–water partition coefficient (Wildman–Crippen LogP) is 5.16. The van der Waals surface area contributed by atoms with Gasteiger partial charge in [0.25, 0.3) is 0 Å². The van der Waals surface area contributed by atoms with Crippen LogP contribution in [0.5, 0.6) is 0 Å². The summed E-state index contributed by atoms with van der Waals surface area (Å²) in [5.74, 6) is 0.0829. The van der Waals surface area contributed by atoms with Gasteiger partial charge >= 0.3 is 0 Å². The molecule has 1 unspecified atom stereocenters. The zero-order chi connectivity index (χ0) is 20.5. The van der Waals surface area contributed by atoms with Gasteiger partial charge in [0.15, 0.2) is 11.6 Å². The van der Waals surface area contributed by atoms with Crippen molar-refractivity contribution in [3.8, 4) is 0 Å². The highest BCUT2D eigenvalue weighted by Gasteiger charge is 2.31. The molecule has 2 aromatic rings. The van der Waals surface area contributed by atoms with E-state index in [0.29, 0.717) is 11.1 Å². The van der Waals surface area contributed by atoms with Crippen LogP contribution in [0.15, 0.2) is 60.7 Å². The van der Waals surface area contributed by atoms with Crippen LogP contribution < -0.4 is 0 Å². The Balaban J connectivity index is 0.00000240. The number of unbranched alkanes of at least 4 members (excludes halogenated alkanes) is 2. The number of carbonyl (C=O) groups is 2. The Bertz CT molecular complexity index is 779. The molecule has 1 aliphatic rings. The minimum atomic E-state index is -0.400. The second-order valence-corrected chi connectivity index (χ2v) is 7.82. The van der Waals surface area contributed by atoms with Gasteiger partial charge in [0.2, 0.25) is 0 Å². The molecule has 1 fully saturated rings. The number of benzene rings is 2. The van der Waals surface area contributed by atoms with Gasteiger partial charge in [-0.15, -0.1) is 24.8 Å². The third-order valence-corrected chi connectivity index (χ3v) is 5.76. The Hall–Kier alpha value is -1.72. The standard InChI is InChI=1S/C25H32N2O2.2ClH/c1-2-3-10-15-26-16-18-27(19-17-26)23(25(29)22-13-8-5-9-14-22)20-24(28)21-11-6-4-7-12-21;;/h4-9,11-14,23H,2-3,10,15-20H2,1H3;2*1H. The third-order valence-electron chi connectivity index (χ3n) is 5.76. The lowest BCUT2D eigenvalue weighted by molar-refractivity contribution is 0.0608. The van der Waals surface area contributed by atoms with Gasteiger partial charge in [-0.1, -0.05) is 80.4 Å². The van der Waals surface area contributed by atoms with Gasteiger partial charge in [-0.25, -0.2) is 0 Å². The molecule has 0 radical (unpaired) electrons. The highest BCUT2D eigenvalue weighted by atomic mass is 35.5. The maximum Gasteiger partial charge on any atom is 0.180 e. The first-order chi connectivity index (χ1) is 14.2. The number of hydrogen-bond acceptors (Lipinski definition) is 4. The molecule has 4 nitrogen and oxygen atoms in total. The largest absolute Gasteiger partial charge is 0.301 e. The topological polar surface area (TPSA) is 40.6 Å². The molecule has 0 aromatic heterocycles. The molecule has 0 spiro atoms. The average molecular weight is 465 g/mol. The first-order valence-corrected chi connectivity index (χ1v) is 10.8. The first kappa shape index (κ1) is 27.3. The summed E-state index contributed by atoms with van der Waals surface area (Å²) in [6.45, 7) is 6.93. The molecule has 1 saturated heterocycles. The normalized spacial score (nSPS) is 15.4. The van der Waals surface area contributed by atoms with E-state index in [1.807, 2.05) is 60.7 Å². The number of ketones is 2. The summed E-state index contributed by atoms with van der Waals surface area (Å²) < 4.78 is 0. The zero-order valence-corrected chi connectivity index (χ0v) is 19.9. The van der Waals surface area contributed by atoms with Crippen molar-refractivity contribution in [2.45, 2.75) is 38.6 Å². The molecule has 3 rings (SSSR count). The van der Waals surface area contributed by atoms with Crippen molar-refractivity contribution in [3.63, 3.8) is 0 Å². The van der Waals surface area contributed by atoms with E-state index < -0.39 is 6.04 Å². The maximum absolute atomic E-state index is 13.3. The van der Waals surface area contributed by atoms with E-state index >= 15 is 0 Å². The number of Topliss-reactive ketones (excluding diaryl/α,β-unsaturated/α-hetero) is 2. The van der Waals surface area contributed by atoms with Gasteiger partial charge in [-0.2, -0.15) is 0 Å². The van der Waals surface area contributed by atoms with E-state index in [2.05, 4.69) is 16.7 Å². The summed E-state index contributed by atoms with van der Waals surface area (Å²) in [5.41, 5.74) is 1.36. The van der Waals surface area contributed by atoms with Crippen LogP contribution in [0.3, 0.4) is 0 Å². The summed E-state index contributed by atoms with van der Waals surface area (Å²) in [6, 6.07) is 18.3. The fourth-order valence-corrected chi connectivity index (χ4v) is 3.98. The summed E-state index contributed by atoms with van der Waals surface area (Å²) in [4.78, 5) is 30.9. The lowest BCUT2D eigenvalue weighted by atomic mass is 9.95. The van der Waals surface area contributed by atoms with Crippen LogP contribution in [-0.4, -0.2) is 60.1 Å². The Labute approximate surface area is 198 Å². The molecule has 1 atom stereocenters. The van der Waals surface area contributed by atoms with Gasteiger partial charge in [0, 0.05) is 43.7 Å². The summed E-state index contributed by atoms with van der Waals surface area (Å²) in [6.07, 6.45) is 3.96. The van der Waals surface area contributed by atoms with Crippen LogP contribution in [-0.2, 0) is 0 Å². The molecule has 2 aromatic carbocycles. The highest BCUT2D eigenvalue weighted by Crippen LogP contribution is 2.18. The van der Waals surface area contributed by atoms with Crippen LogP contribution in [0.4, 0.5) is 0 Å². The van der Waals surface area contributed by atoms with E-state index in [1.165, 1.54) is 19.3 Å². The van der Waals surface area contributed by atoms with E-state index in [9.17, 15) is 9.59 Å². The van der Waals surface area contributed by atoms with Gasteiger partial charge < -0.3 is 4.90 Å². The first-order valence-electron chi connectivity index (χ1n) is 10.8. The molecule has 0 N–H and O–H groups in total. The van der Waals surface area contributed by atoms with Crippen molar-refractivity contribution in [3.05, 3.63) is 71.8 Å². The quantitative estimate of drug-likeness (QED) is 0.359. The summed E-state index contributed by atoms with van der Waals surface area (Å²) >= 11 is 0. The smallest absolute Gasteiger partial charge is 0.180 e. The van der Waals surface area contributed by atoms with Gasteiger partial charge in [0.1, 0.15) is 0 Å². The van der Waals surface area contributed by atoms with Crippen LogP contribution in [0.25, 0.3) is 0 Å². The minimum Gasteiger partial charge on any atom is -0.301 e. The molecule has 1 heterocycles. The van der Waals surface area contributed by atoms with E-state index in [-0.39, 0.29) is 42.8 Å². The number of nitrogens with zero attached hydrogens (tertiary/aromatic N) is 2. The molecule has 31 heavy (non-hydrogen) atoms. The van der Waals surface area contributed by atoms with E-state index in [1.54, 1.807) is 0 Å². The lowest BCUT2D eigenvalue weighted by Crippen LogP contribution is -2.53. The van der Waals surface area contributed by atoms with Crippen LogP contribution in [0, 0.1) is 0 Å². The maximum atomic E-state index is 13.3. The molecular formula is C25H34Cl2N2O2. The number of rotatable bonds is 10. The highest BCUT2D eigenvalue weighted by molar-refractivity contribution is 6.05. The molecule has 0 bridgehead atoms.